The number of piperidine rings is 1. The highest BCUT2D eigenvalue weighted by atomic mass is 32.2. The topological polar surface area (TPSA) is 78.3 Å². The second kappa shape index (κ2) is 11.0. The molecule has 3 aromatic heterocycles. The molecule has 4 heterocycles. The summed E-state index contributed by atoms with van der Waals surface area (Å²) < 4.78 is 3.87. The molecule has 0 amide bonds. The predicted octanol–water partition coefficient (Wildman–Crippen LogP) is 4.25. The van der Waals surface area contributed by atoms with Crippen LogP contribution in [-0.4, -0.2) is 69.3 Å². The first-order chi connectivity index (χ1) is 18.0. The van der Waals surface area contributed by atoms with E-state index in [1.165, 1.54) is 10.5 Å². The van der Waals surface area contributed by atoms with Crippen molar-refractivity contribution in [3.8, 4) is 6.07 Å². The van der Waals surface area contributed by atoms with Crippen LogP contribution in [0.4, 0.5) is 5.69 Å². The predicted molar refractivity (Wildman–Crippen MR) is 148 cm³/mol. The van der Waals surface area contributed by atoms with Gasteiger partial charge in [-0.3, -0.25) is 4.68 Å². The maximum atomic E-state index is 9.65. The number of nitriles is 1. The number of pyridine rings is 1. The fourth-order valence-corrected chi connectivity index (χ4v) is 5.61. The Hall–Kier alpha value is -3.35. The summed E-state index contributed by atoms with van der Waals surface area (Å²) >= 11 is 1.75. The summed E-state index contributed by atoms with van der Waals surface area (Å²) in [6.07, 6.45) is 11.1. The van der Waals surface area contributed by atoms with Crippen LogP contribution in [0, 0.1) is 11.3 Å². The Bertz CT molecular complexity index is 1370. The number of anilines is 1. The number of hydrogen-bond donors (Lipinski definition) is 0. The zero-order valence-electron chi connectivity index (χ0n) is 21.8. The molecule has 192 valence electrons. The van der Waals surface area contributed by atoms with Gasteiger partial charge in [0, 0.05) is 55.2 Å². The smallest absolute Gasteiger partial charge is 0.178 e. The molecule has 1 aliphatic heterocycles. The molecule has 0 aliphatic carbocycles. The van der Waals surface area contributed by atoms with E-state index in [-0.39, 0.29) is 5.41 Å². The van der Waals surface area contributed by atoms with Gasteiger partial charge < -0.3 is 9.80 Å². The highest BCUT2D eigenvalue weighted by Gasteiger charge is 2.36. The van der Waals surface area contributed by atoms with Crippen molar-refractivity contribution in [3.05, 3.63) is 71.9 Å². The molecule has 4 aromatic rings. The third-order valence-electron chi connectivity index (χ3n) is 7.39. The molecular formula is C28H34N8S. The van der Waals surface area contributed by atoms with E-state index < -0.39 is 0 Å². The van der Waals surface area contributed by atoms with Crippen LogP contribution in [-0.2, 0) is 18.4 Å². The minimum absolute atomic E-state index is 0.0984. The Kier molecular flexibility index (Phi) is 7.49. The normalized spacial score (nSPS) is 15.4. The molecule has 5 rings (SSSR count). The molecular weight excluding hydrogens is 480 g/mol. The second-order valence-electron chi connectivity index (χ2n) is 10.1. The fraction of sp³-hybridized carbons (Fsp3) is 0.429. The Morgan fingerprint density at radius 3 is 2.62 bits per heavy atom. The number of benzene rings is 1. The van der Waals surface area contributed by atoms with Crippen molar-refractivity contribution >= 4 is 23.1 Å². The number of likely N-dealkylation sites (N-methyl/N-ethyl adjacent to an activating group) is 1. The summed E-state index contributed by atoms with van der Waals surface area (Å²) in [7, 11) is 4.13. The number of thioether (sulfide) groups is 1. The minimum atomic E-state index is -0.0984. The monoisotopic (exact) mass is 514 g/mol. The van der Waals surface area contributed by atoms with Gasteiger partial charge in [-0.1, -0.05) is 12.1 Å². The molecule has 1 aliphatic rings. The average Bonchev–Trinajstić information content (AvgIpc) is 3.54. The molecule has 1 fully saturated rings. The first-order valence-electron chi connectivity index (χ1n) is 12.8. The Morgan fingerprint density at radius 1 is 1.14 bits per heavy atom. The van der Waals surface area contributed by atoms with E-state index in [1.54, 1.807) is 11.8 Å². The van der Waals surface area contributed by atoms with Crippen molar-refractivity contribution < 1.29 is 0 Å². The van der Waals surface area contributed by atoms with Gasteiger partial charge in [-0.15, -0.1) is 11.8 Å². The highest BCUT2D eigenvalue weighted by molar-refractivity contribution is 7.98. The Morgan fingerprint density at radius 2 is 1.92 bits per heavy atom. The van der Waals surface area contributed by atoms with Crippen LogP contribution in [0.3, 0.4) is 0 Å². The largest absolute Gasteiger partial charge is 0.368 e. The molecule has 0 saturated carbocycles. The lowest BCUT2D eigenvalue weighted by molar-refractivity contribution is 0.337. The van der Waals surface area contributed by atoms with Crippen molar-refractivity contribution in [2.24, 2.45) is 0 Å². The average molecular weight is 515 g/mol. The van der Waals surface area contributed by atoms with E-state index in [0.29, 0.717) is 12.8 Å². The van der Waals surface area contributed by atoms with Gasteiger partial charge in [-0.05, 0) is 68.6 Å². The van der Waals surface area contributed by atoms with Gasteiger partial charge in [-0.2, -0.15) is 15.5 Å². The van der Waals surface area contributed by atoms with Gasteiger partial charge in [0.2, 0.25) is 0 Å². The van der Waals surface area contributed by atoms with Crippen LogP contribution in [0.2, 0.25) is 0 Å². The van der Waals surface area contributed by atoms with E-state index >= 15 is 0 Å². The lowest BCUT2D eigenvalue weighted by Gasteiger charge is -2.42. The number of nitrogens with zero attached hydrogens (tertiary/aromatic N) is 8. The lowest BCUT2D eigenvalue weighted by atomic mass is 9.71. The Labute approximate surface area is 222 Å². The summed E-state index contributed by atoms with van der Waals surface area (Å²) in [6, 6.07) is 15.4. The Balaban J connectivity index is 1.32. The van der Waals surface area contributed by atoms with Gasteiger partial charge in [0.25, 0.3) is 0 Å². The molecule has 9 heteroatoms. The summed E-state index contributed by atoms with van der Waals surface area (Å²) in [5.41, 5.74) is 4.28. The zero-order chi connectivity index (χ0) is 25.8. The molecule has 0 spiro atoms. The van der Waals surface area contributed by atoms with E-state index in [0.717, 1.165) is 61.7 Å². The number of rotatable bonds is 9. The molecule has 1 saturated heterocycles. The third-order valence-corrected chi connectivity index (χ3v) is 8.14. The van der Waals surface area contributed by atoms with Gasteiger partial charge >= 0.3 is 0 Å². The van der Waals surface area contributed by atoms with Crippen LogP contribution in [0.1, 0.15) is 36.2 Å². The molecule has 1 aromatic carbocycles. The maximum Gasteiger partial charge on any atom is 0.178 e. The standard InChI is InChI=1S/C28H34N8S/c1-33(2)17-18-35-21-22(20-30-35)19-26-31-27-25(5-4-14-36(27)32-26)34-15-11-28(10-13-29,12-16-34)23-6-8-24(37-3)9-7-23/h4-9,14,20-21H,10-12,15-19H2,1-3H3. The number of hydrogen-bond acceptors (Lipinski definition) is 7. The SMILES string of the molecule is CSc1ccc(C2(CC#N)CCN(c3cccn4nc(Cc5cnn(CCN(C)C)c5)nc34)CC2)cc1. The molecule has 0 unspecified atom stereocenters. The van der Waals surface area contributed by atoms with E-state index in [4.69, 9.17) is 10.1 Å². The third kappa shape index (κ3) is 5.50. The van der Waals surface area contributed by atoms with Crippen LogP contribution < -0.4 is 4.90 Å². The second-order valence-corrected chi connectivity index (χ2v) is 11.0. The first-order valence-corrected chi connectivity index (χ1v) is 14.0. The molecule has 37 heavy (non-hydrogen) atoms. The van der Waals surface area contributed by atoms with Crippen molar-refractivity contribution in [1.29, 1.82) is 5.26 Å². The van der Waals surface area contributed by atoms with Crippen molar-refractivity contribution in [3.63, 3.8) is 0 Å². The van der Waals surface area contributed by atoms with Crippen LogP contribution in [0.15, 0.2) is 59.9 Å². The number of aromatic nitrogens is 5. The van der Waals surface area contributed by atoms with Crippen molar-refractivity contribution in [2.45, 2.75) is 42.5 Å². The van der Waals surface area contributed by atoms with Crippen LogP contribution in [0.5, 0.6) is 0 Å². The first kappa shape index (κ1) is 25.3. The molecule has 0 radical (unpaired) electrons. The highest BCUT2D eigenvalue weighted by Crippen LogP contribution is 2.40. The molecule has 0 atom stereocenters. The summed E-state index contributed by atoms with van der Waals surface area (Å²) in [4.78, 5) is 10.7. The van der Waals surface area contributed by atoms with Gasteiger partial charge in [0.15, 0.2) is 11.5 Å². The fourth-order valence-electron chi connectivity index (χ4n) is 5.20. The summed E-state index contributed by atoms with van der Waals surface area (Å²) in [6.45, 7) is 3.57. The van der Waals surface area contributed by atoms with Gasteiger partial charge in [-0.25, -0.2) is 9.50 Å². The van der Waals surface area contributed by atoms with E-state index in [9.17, 15) is 5.26 Å². The van der Waals surface area contributed by atoms with E-state index in [1.807, 2.05) is 27.7 Å². The van der Waals surface area contributed by atoms with Crippen molar-refractivity contribution in [2.75, 3.05) is 44.9 Å². The van der Waals surface area contributed by atoms with E-state index in [2.05, 4.69) is 77.8 Å². The zero-order valence-corrected chi connectivity index (χ0v) is 22.7. The maximum absolute atomic E-state index is 9.65. The minimum Gasteiger partial charge on any atom is -0.368 e. The summed E-state index contributed by atoms with van der Waals surface area (Å²) in [5.74, 6) is 0.796. The van der Waals surface area contributed by atoms with Crippen LogP contribution in [0.25, 0.3) is 5.65 Å². The van der Waals surface area contributed by atoms with Gasteiger partial charge in [0.05, 0.1) is 24.5 Å². The number of fused-ring (bicyclic) bond motifs is 1. The lowest BCUT2D eigenvalue weighted by Crippen LogP contribution is -2.42. The molecule has 0 bridgehead atoms. The van der Waals surface area contributed by atoms with Crippen molar-refractivity contribution in [1.82, 2.24) is 29.3 Å². The van der Waals surface area contributed by atoms with Gasteiger partial charge in [0.1, 0.15) is 0 Å². The summed E-state index contributed by atoms with van der Waals surface area (Å²) in [5, 5.41) is 18.9. The quantitative estimate of drug-likeness (QED) is 0.309. The van der Waals surface area contributed by atoms with Crippen LogP contribution >= 0.6 is 11.8 Å². The molecule has 0 N–H and O–H groups in total. The molecule has 8 nitrogen and oxygen atoms in total.